The van der Waals surface area contributed by atoms with Crippen molar-refractivity contribution in [2.75, 3.05) is 27.2 Å². The number of nitrogens with one attached hydrogen (secondary N) is 1. The molecule has 0 fully saturated rings. The molecule has 26 heavy (non-hydrogen) atoms. The molecule has 2 aromatic rings. The predicted octanol–water partition coefficient (Wildman–Crippen LogP) is 3.92. The van der Waals surface area contributed by atoms with E-state index in [2.05, 4.69) is 47.4 Å². The Morgan fingerprint density at radius 2 is 2.12 bits per heavy atom. The average Bonchev–Trinajstić information content (AvgIpc) is 3.10. The Bertz CT molecular complexity index is 711. The molecule has 1 N–H and O–H groups in total. The van der Waals surface area contributed by atoms with Gasteiger partial charge in [-0.15, -0.1) is 11.3 Å². The molecule has 0 bridgehead atoms. The molecule has 0 atom stereocenters. The van der Waals surface area contributed by atoms with E-state index < -0.39 is 0 Å². The smallest absolute Gasteiger partial charge is 0.193 e. The number of benzene rings is 1. The highest BCUT2D eigenvalue weighted by molar-refractivity contribution is 7.09. The van der Waals surface area contributed by atoms with Gasteiger partial charge in [0, 0.05) is 50.0 Å². The van der Waals surface area contributed by atoms with Gasteiger partial charge in [0.2, 0.25) is 0 Å². The van der Waals surface area contributed by atoms with Gasteiger partial charge in [-0.2, -0.15) is 0 Å². The van der Waals surface area contributed by atoms with Crippen LogP contribution in [-0.2, 0) is 13.0 Å². The summed E-state index contributed by atoms with van der Waals surface area (Å²) in [6.45, 7) is 8.74. The normalized spacial score (nSPS) is 11.7. The van der Waals surface area contributed by atoms with Crippen LogP contribution >= 0.6 is 11.3 Å². The van der Waals surface area contributed by atoms with Gasteiger partial charge in [0.05, 0.1) is 17.8 Å². The van der Waals surface area contributed by atoms with Gasteiger partial charge in [-0.1, -0.05) is 32.0 Å². The fourth-order valence-corrected chi connectivity index (χ4v) is 3.48. The van der Waals surface area contributed by atoms with Gasteiger partial charge in [0.25, 0.3) is 0 Å². The van der Waals surface area contributed by atoms with E-state index in [1.807, 2.05) is 25.2 Å². The second-order valence-corrected chi connectivity index (χ2v) is 7.38. The van der Waals surface area contributed by atoms with E-state index in [-0.39, 0.29) is 0 Å². The van der Waals surface area contributed by atoms with Crippen molar-refractivity contribution in [1.82, 2.24) is 15.2 Å². The number of aromatic nitrogens is 1. The minimum atomic E-state index is 0.488. The van der Waals surface area contributed by atoms with Crippen molar-refractivity contribution >= 4 is 17.3 Å². The third-order valence-electron chi connectivity index (χ3n) is 3.99. The molecule has 0 amide bonds. The molecule has 0 saturated carbocycles. The van der Waals surface area contributed by atoms with Gasteiger partial charge in [-0.05, 0) is 13.0 Å². The molecular weight excluding hydrogens is 344 g/mol. The largest absolute Gasteiger partial charge is 0.496 e. The summed E-state index contributed by atoms with van der Waals surface area (Å²) in [6, 6.07) is 8.09. The standard InChI is InChI=1S/C20H30N4OS/c1-6-21-20(22-12-11-17-14-26-19(23-17)15(2)3)24(4)13-16-9-7-8-10-18(16)25-5/h7-10,14-15H,6,11-13H2,1-5H3,(H,21,22). The molecule has 1 aromatic heterocycles. The topological polar surface area (TPSA) is 49.8 Å². The van der Waals surface area contributed by atoms with Crippen LogP contribution in [0.25, 0.3) is 0 Å². The van der Waals surface area contributed by atoms with Crippen LogP contribution in [0.1, 0.15) is 43.0 Å². The molecule has 0 aliphatic rings. The fourth-order valence-electron chi connectivity index (χ4n) is 2.61. The van der Waals surface area contributed by atoms with Crippen LogP contribution in [0.5, 0.6) is 5.75 Å². The summed E-state index contributed by atoms with van der Waals surface area (Å²) in [4.78, 5) is 11.6. The van der Waals surface area contributed by atoms with Crippen molar-refractivity contribution < 1.29 is 4.74 Å². The third kappa shape index (κ3) is 5.73. The maximum atomic E-state index is 5.45. The van der Waals surface area contributed by atoms with Crippen molar-refractivity contribution in [2.45, 2.75) is 39.7 Å². The van der Waals surface area contributed by atoms with Crippen molar-refractivity contribution in [3.63, 3.8) is 0 Å². The van der Waals surface area contributed by atoms with Gasteiger partial charge < -0.3 is 15.0 Å². The number of rotatable bonds is 8. The van der Waals surface area contributed by atoms with E-state index in [9.17, 15) is 0 Å². The number of aliphatic imine (C=N–C) groups is 1. The number of thiazole rings is 1. The van der Waals surface area contributed by atoms with Crippen LogP contribution in [-0.4, -0.2) is 43.1 Å². The molecule has 0 spiro atoms. The highest BCUT2D eigenvalue weighted by Crippen LogP contribution is 2.20. The average molecular weight is 375 g/mol. The zero-order chi connectivity index (χ0) is 18.9. The predicted molar refractivity (Wildman–Crippen MR) is 110 cm³/mol. The number of para-hydroxylation sites is 1. The zero-order valence-electron chi connectivity index (χ0n) is 16.5. The number of hydrogen-bond donors (Lipinski definition) is 1. The lowest BCUT2D eigenvalue weighted by molar-refractivity contribution is 0.396. The van der Waals surface area contributed by atoms with Crippen molar-refractivity contribution in [3.05, 3.63) is 45.9 Å². The van der Waals surface area contributed by atoms with Crippen LogP contribution in [0.2, 0.25) is 0 Å². The fraction of sp³-hybridized carbons (Fsp3) is 0.500. The van der Waals surface area contributed by atoms with Gasteiger partial charge in [0.1, 0.15) is 5.75 Å². The van der Waals surface area contributed by atoms with Crippen molar-refractivity contribution in [2.24, 2.45) is 4.99 Å². The molecule has 0 aliphatic heterocycles. The number of nitrogens with zero attached hydrogens (tertiary/aromatic N) is 3. The summed E-state index contributed by atoms with van der Waals surface area (Å²) in [5.41, 5.74) is 2.27. The van der Waals surface area contributed by atoms with Gasteiger partial charge in [0.15, 0.2) is 5.96 Å². The van der Waals surface area contributed by atoms with E-state index in [4.69, 9.17) is 9.73 Å². The maximum Gasteiger partial charge on any atom is 0.193 e. The molecule has 5 nitrogen and oxygen atoms in total. The van der Waals surface area contributed by atoms with Crippen LogP contribution in [0.4, 0.5) is 0 Å². The summed E-state index contributed by atoms with van der Waals surface area (Å²) in [6.07, 6.45) is 0.862. The summed E-state index contributed by atoms with van der Waals surface area (Å²) in [7, 11) is 3.76. The summed E-state index contributed by atoms with van der Waals surface area (Å²) >= 11 is 1.74. The molecule has 0 radical (unpaired) electrons. The van der Waals surface area contributed by atoms with Crippen molar-refractivity contribution in [3.8, 4) is 5.75 Å². The van der Waals surface area contributed by atoms with E-state index in [0.29, 0.717) is 5.92 Å². The quantitative estimate of drug-likeness (QED) is 0.562. The molecular formula is C20H30N4OS. The highest BCUT2D eigenvalue weighted by Gasteiger charge is 2.10. The lowest BCUT2D eigenvalue weighted by atomic mass is 10.2. The summed E-state index contributed by atoms with van der Waals surface area (Å²) in [5, 5.41) is 6.71. The molecule has 1 heterocycles. The Morgan fingerprint density at radius 3 is 2.77 bits per heavy atom. The number of hydrogen-bond acceptors (Lipinski definition) is 4. The molecule has 0 saturated heterocycles. The minimum Gasteiger partial charge on any atom is -0.496 e. The summed E-state index contributed by atoms with van der Waals surface area (Å²) in [5.74, 6) is 2.29. The number of ether oxygens (including phenoxy) is 1. The second-order valence-electron chi connectivity index (χ2n) is 6.49. The Labute approximate surface area is 161 Å². The van der Waals surface area contributed by atoms with E-state index in [1.165, 1.54) is 5.01 Å². The Hall–Kier alpha value is -2.08. The van der Waals surface area contributed by atoms with E-state index >= 15 is 0 Å². The lowest BCUT2D eigenvalue weighted by Crippen LogP contribution is -2.38. The molecule has 0 aliphatic carbocycles. The van der Waals surface area contributed by atoms with Crippen LogP contribution in [0, 0.1) is 0 Å². The Morgan fingerprint density at radius 1 is 1.35 bits per heavy atom. The SMILES string of the molecule is CCNC(=NCCc1csc(C(C)C)n1)N(C)Cc1ccccc1OC. The number of methoxy groups -OCH3 is 1. The minimum absolute atomic E-state index is 0.488. The van der Waals surface area contributed by atoms with Gasteiger partial charge in [-0.3, -0.25) is 4.99 Å². The molecule has 142 valence electrons. The molecule has 0 unspecified atom stereocenters. The first-order valence-corrected chi connectivity index (χ1v) is 9.98. The van der Waals surface area contributed by atoms with Gasteiger partial charge >= 0.3 is 0 Å². The Kier molecular flexibility index (Phi) is 7.91. The van der Waals surface area contributed by atoms with Crippen LogP contribution in [0.15, 0.2) is 34.6 Å². The van der Waals surface area contributed by atoms with Crippen LogP contribution < -0.4 is 10.1 Å². The van der Waals surface area contributed by atoms with Crippen molar-refractivity contribution in [1.29, 1.82) is 0 Å². The third-order valence-corrected chi connectivity index (χ3v) is 5.18. The molecule has 2 rings (SSSR count). The van der Waals surface area contributed by atoms with E-state index in [1.54, 1.807) is 18.4 Å². The zero-order valence-corrected chi connectivity index (χ0v) is 17.3. The van der Waals surface area contributed by atoms with E-state index in [0.717, 1.165) is 49.0 Å². The molecule has 1 aromatic carbocycles. The first-order chi connectivity index (χ1) is 12.5. The lowest BCUT2D eigenvalue weighted by Gasteiger charge is -2.23. The summed E-state index contributed by atoms with van der Waals surface area (Å²) < 4.78 is 5.45. The van der Waals surface area contributed by atoms with Crippen LogP contribution in [0.3, 0.4) is 0 Å². The first-order valence-electron chi connectivity index (χ1n) is 9.10. The monoisotopic (exact) mass is 374 g/mol. The Balaban J connectivity index is 2.00. The second kappa shape index (κ2) is 10.2. The highest BCUT2D eigenvalue weighted by atomic mass is 32.1. The maximum absolute atomic E-state index is 5.45. The first kappa shape index (κ1) is 20.2. The van der Waals surface area contributed by atoms with Gasteiger partial charge in [-0.25, -0.2) is 4.98 Å². The molecule has 6 heteroatoms. The number of guanidine groups is 1.